The molecule has 1 unspecified atom stereocenters. The van der Waals surface area contributed by atoms with Gasteiger partial charge in [0.15, 0.2) is 0 Å². The Hall–Kier alpha value is -0.570. The lowest BCUT2D eigenvalue weighted by atomic mass is 10.1. The Labute approximate surface area is 106 Å². The fourth-order valence-corrected chi connectivity index (χ4v) is 2.41. The minimum atomic E-state index is 0.126. The van der Waals surface area contributed by atoms with Crippen LogP contribution in [0.3, 0.4) is 0 Å². The highest BCUT2D eigenvalue weighted by Gasteiger charge is 2.18. The van der Waals surface area contributed by atoms with Crippen LogP contribution in [0.5, 0.6) is 0 Å². The SMILES string of the molecule is CCCCCCCCCC1=NCCN1C(C)N. The van der Waals surface area contributed by atoms with Gasteiger partial charge in [0.2, 0.25) is 0 Å². The molecule has 1 heterocycles. The summed E-state index contributed by atoms with van der Waals surface area (Å²) in [5, 5.41) is 0. The van der Waals surface area contributed by atoms with Crippen LogP contribution in [0.4, 0.5) is 0 Å². The van der Waals surface area contributed by atoms with Crippen molar-refractivity contribution < 1.29 is 0 Å². The maximum absolute atomic E-state index is 5.92. The summed E-state index contributed by atoms with van der Waals surface area (Å²) in [5.41, 5.74) is 5.92. The number of nitrogens with two attached hydrogens (primary N) is 1. The number of hydrogen-bond acceptors (Lipinski definition) is 3. The summed E-state index contributed by atoms with van der Waals surface area (Å²) in [5.74, 6) is 1.24. The summed E-state index contributed by atoms with van der Waals surface area (Å²) in [4.78, 5) is 6.80. The van der Waals surface area contributed by atoms with Crippen molar-refractivity contribution in [2.45, 2.75) is 71.4 Å². The van der Waals surface area contributed by atoms with Crippen molar-refractivity contribution >= 4 is 5.84 Å². The van der Waals surface area contributed by atoms with E-state index in [0.29, 0.717) is 0 Å². The quantitative estimate of drug-likeness (QED) is 0.628. The summed E-state index contributed by atoms with van der Waals surface area (Å²) >= 11 is 0. The van der Waals surface area contributed by atoms with Crippen LogP contribution in [-0.2, 0) is 0 Å². The summed E-state index contributed by atoms with van der Waals surface area (Å²) in [6.07, 6.45) is 10.8. The fourth-order valence-electron chi connectivity index (χ4n) is 2.41. The molecule has 0 fully saturated rings. The number of unbranched alkanes of at least 4 members (excludes halogenated alkanes) is 6. The molecule has 0 bridgehead atoms. The van der Waals surface area contributed by atoms with Crippen LogP contribution < -0.4 is 5.73 Å². The molecule has 0 aromatic heterocycles. The van der Waals surface area contributed by atoms with Gasteiger partial charge in [0.25, 0.3) is 0 Å². The summed E-state index contributed by atoms with van der Waals surface area (Å²) < 4.78 is 0. The third kappa shape index (κ3) is 5.53. The van der Waals surface area contributed by atoms with Crippen molar-refractivity contribution in [1.29, 1.82) is 0 Å². The van der Waals surface area contributed by atoms with Gasteiger partial charge in [0.05, 0.1) is 12.7 Å². The second-order valence-corrected chi connectivity index (χ2v) is 5.10. The first kappa shape index (κ1) is 14.5. The Bertz CT molecular complexity index is 224. The lowest BCUT2D eigenvalue weighted by molar-refractivity contribution is 0.358. The summed E-state index contributed by atoms with van der Waals surface area (Å²) in [7, 11) is 0. The zero-order valence-corrected chi connectivity index (χ0v) is 11.6. The predicted molar refractivity (Wildman–Crippen MR) is 75.3 cm³/mol. The lowest BCUT2D eigenvalue weighted by Crippen LogP contribution is -2.41. The van der Waals surface area contributed by atoms with Gasteiger partial charge in [0.1, 0.15) is 5.84 Å². The molecule has 0 aromatic carbocycles. The molecule has 0 saturated carbocycles. The zero-order valence-electron chi connectivity index (χ0n) is 11.6. The monoisotopic (exact) mass is 239 g/mol. The minimum Gasteiger partial charge on any atom is -0.343 e. The van der Waals surface area contributed by atoms with E-state index in [1.54, 1.807) is 0 Å². The topological polar surface area (TPSA) is 41.6 Å². The average Bonchev–Trinajstić information content (AvgIpc) is 2.76. The number of nitrogens with zero attached hydrogens (tertiary/aromatic N) is 2. The molecule has 0 spiro atoms. The molecule has 2 N–H and O–H groups in total. The van der Waals surface area contributed by atoms with Crippen LogP contribution in [0, 0.1) is 0 Å². The molecule has 1 aliphatic heterocycles. The molecule has 17 heavy (non-hydrogen) atoms. The molecule has 3 heteroatoms. The van der Waals surface area contributed by atoms with E-state index in [0.717, 1.165) is 19.5 Å². The summed E-state index contributed by atoms with van der Waals surface area (Å²) in [6, 6.07) is 0. The van der Waals surface area contributed by atoms with E-state index in [1.807, 2.05) is 6.92 Å². The second-order valence-electron chi connectivity index (χ2n) is 5.10. The molecule has 100 valence electrons. The molecule has 1 rings (SSSR count). The van der Waals surface area contributed by atoms with Crippen molar-refractivity contribution in [2.24, 2.45) is 10.7 Å². The Morgan fingerprint density at radius 3 is 2.47 bits per heavy atom. The number of amidine groups is 1. The molecule has 0 amide bonds. The highest BCUT2D eigenvalue weighted by molar-refractivity contribution is 5.83. The smallest absolute Gasteiger partial charge is 0.100 e. The van der Waals surface area contributed by atoms with Crippen LogP contribution in [0.15, 0.2) is 4.99 Å². The van der Waals surface area contributed by atoms with E-state index in [2.05, 4.69) is 16.8 Å². The Kier molecular flexibility index (Phi) is 7.25. The third-order valence-corrected chi connectivity index (χ3v) is 3.46. The minimum absolute atomic E-state index is 0.126. The second kappa shape index (κ2) is 8.51. The lowest BCUT2D eigenvalue weighted by Gasteiger charge is -2.24. The first-order valence-corrected chi connectivity index (χ1v) is 7.31. The molecule has 0 saturated heterocycles. The number of hydrogen-bond donors (Lipinski definition) is 1. The molecule has 1 atom stereocenters. The Morgan fingerprint density at radius 1 is 1.18 bits per heavy atom. The molecule has 0 radical (unpaired) electrons. The van der Waals surface area contributed by atoms with Gasteiger partial charge in [-0.25, -0.2) is 0 Å². The van der Waals surface area contributed by atoms with Gasteiger partial charge in [-0.2, -0.15) is 0 Å². The zero-order chi connectivity index (χ0) is 12.5. The van der Waals surface area contributed by atoms with Crippen LogP contribution in [0.2, 0.25) is 0 Å². The van der Waals surface area contributed by atoms with Crippen molar-refractivity contribution in [2.75, 3.05) is 13.1 Å². The van der Waals surface area contributed by atoms with Crippen molar-refractivity contribution in [1.82, 2.24) is 4.90 Å². The van der Waals surface area contributed by atoms with Crippen molar-refractivity contribution in [3.8, 4) is 0 Å². The summed E-state index contributed by atoms with van der Waals surface area (Å²) in [6.45, 7) is 6.27. The van der Waals surface area contributed by atoms with Gasteiger partial charge in [-0.1, -0.05) is 45.4 Å². The standard InChI is InChI=1S/C14H29N3/c1-3-4-5-6-7-8-9-10-14-16-11-12-17(14)13(2)15/h13H,3-12,15H2,1-2H3. The maximum Gasteiger partial charge on any atom is 0.100 e. The molecule has 1 aliphatic rings. The highest BCUT2D eigenvalue weighted by Crippen LogP contribution is 2.13. The average molecular weight is 239 g/mol. The van der Waals surface area contributed by atoms with Gasteiger partial charge in [-0.15, -0.1) is 0 Å². The van der Waals surface area contributed by atoms with Gasteiger partial charge in [0, 0.05) is 13.0 Å². The first-order chi connectivity index (χ1) is 8.25. The Morgan fingerprint density at radius 2 is 1.82 bits per heavy atom. The largest absolute Gasteiger partial charge is 0.343 e. The van der Waals surface area contributed by atoms with Gasteiger partial charge in [-0.05, 0) is 13.3 Å². The van der Waals surface area contributed by atoms with E-state index < -0.39 is 0 Å². The van der Waals surface area contributed by atoms with Gasteiger partial charge in [-0.3, -0.25) is 4.99 Å². The molecule has 0 aromatic rings. The third-order valence-electron chi connectivity index (χ3n) is 3.46. The highest BCUT2D eigenvalue weighted by atomic mass is 15.3. The van der Waals surface area contributed by atoms with Crippen LogP contribution >= 0.6 is 0 Å². The molecule has 0 aliphatic carbocycles. The van der Waals surface area contributed by atoms with E-state index in [4.69, 9.17) is 5.73 Å². The normalized spacial score (nSPS) is 17.4. The number of aliphatic imine (C=N–C) groups is 1. The number of rotatable bonds is 9. The van der Waals surface area contributed by atoms with Crippen LogP contribution in [0.1, 0.15) is 65.2 Å². The van der Waals surface area contributed by atoms with E-state index >= 15 is 0 Å². The van der Waals surface area contributed by atoms with Crippen LogP contribution in [0.25, 0.3) is 0 Å². The van der Waals surface area contributed by atoms with E-state index in [-0.39, 0.29) is 6.17 Å². The Balaban J connectivity index is 2.02. The predicted octanol–water partition coefficient (Wildman–Crippen LogP) is 3.15. The first-order valence-electron chi connectivity index (χ1n) is 7.31. The van der Waals surface area contributed by atoms with Gasteiger partial charge < -0.3 is 10.6 Å². The fraction of sp³-hybridized carbons (Fsp3) is 0.929. The molecular weight excluding hydrogens is 210 g/mol. The van der Waals surface area contributed by atoms with Gasteiger partial charge >= 0.3 is 0 Å². The van der Waals surface area contributed by atoms with Crippen LogP contribution in [-0.4, -0.2) is 30.0 Å². The molecular formula is C14H29N3. The van der Waals surface area contributed by atoms with Crippen molar-refractivity contribution in [3.63, 3.8) is 0 Å². The van der Waals surface area contributed by atoms with E-state index in [9.17, 15) is 0 Å². The maximum atomic E-state index is 5.92. The molecule has 3 nitrogen and oxygen atoms in total. The van der Waals surface area contributed by atoms with Crippen molar-refractivity contribution in [3.05, 3.63) is 0 Å². The van der Waals surface area contributed by atoms with E-state index in [1.165, 1.54) is 50.8 Å².